The SMILES string of the molecule is Cc1nn(-c2ccccc2)c(CN2CCCCC2CO)c1C#N. The van der Waals surface area contributed by atoms with Crippen LogP contribution in [0.25, 0.3) is 5.69 Å². The Morgan fingerprint density at radius 2 is 2.09 bits per heavy atom. The normalized spacial score (nSPS) is 18.7. The molecular formula is C18H22N4O. The Labute approximate surface area is 136 Å². The summed E-state index contributed by atoms with van der Waals surface area (Å²) in [4.78, 5) is 2.28. The van der Waals surface area contributed by atoms with Crippen molar-refractivity contribution in [1.82, 2.24) is 14.7 Å². The molecule has 0 aliphatic carbocycles. The van der Waals surface area contributed by atoms with Gasteiger partial charge in [-0.15, -0.1) is 0 Å². The largest absolute Gasteiger partial charge is 0.395 e. The molecule has 1 aliphatic heterocycles. The number of piperidine rings is 1. The van der Waals surface area contributed by atoms with Crippen LogP contribution in [0.3, 0.4) is 0 Å². The molecule has 0 amide bonds. The number of benzene rings is 1. The zero-order valence-electron chi connectivity index (χ0n) is 13.4. The second-order valence-corrected chi connectivity index (χ2v) is 6.07. The maximum Gasteiger partial charge on any atom is 0.103 e. The monoisotopic (exact) mass is 310 g/mol. The maximum atomic E-state index is 9.63. The van der Waals surface area contributed by atoms with E-state index in [9.17, 15) is 10.4 Å². The average Bonchev–Trinajstić information content (AvgIpc) is 2.91. The Hall–Kier alpha value is -2.16. The number of para-hydroxylation sites is 1. The van der Waals surface area contributed by atoms with E-state index in [0.717, 1.165) is 42.9 Å². The molecule has 0 radical (unpaired) electrons. The van der Waals surface area contributed by atoms with Gasteiger partial charge in [-0.1, -0.05) is 24.6 Å². The number of aliphatic hydroxyl groups is 1. The van der Waals surface area contributed by atoms with Gasteiger partial charge in [0.2, 0.25) is 0 Å². The minimum absolute atomic E-state index is 0.167. The van der Waals surface area contributed by atoms with Crippen LogP contribution < -0.4 is 0 Å². The highest BCUT2D eigenvalue weighted by Crippen LogP contribution is 2.24. The van der Waals surface area contributed by atoms with Crippen LogP contribution in [-0.2, 0) is 6.54 Å². The molecule has 1 aliphatic rings. The number of nitrogens with zero attached hydrogens (tertiary/aromatic N) is 4. The lowest BCUT2D eigenvalue weighted by Crippen LogP contribution is -2.41. The van der Waals surface area contributed by atoms with Crippen LogP contribution in [0, 0.1) is 18.3 Å². The van der Waals surface area contributed by atoms with E-state index < -0.39 is 0 Å². The highest BCUT2D eigenvalue weighted by Gasteiger charge is 2.25. The summed E-state index contributed by atoms with van der Waals surface area (Å²) in [5, 5.41) is 23.7. The van der Waals surface area contributed by atoms with Crippen molar-refractivity contribution >= 4 is 0 Å². The molecule has 1 atom stereocenters. The molecule has 1 aromatic carbocycles. The first-order valence-corrected chi connectivity index (χ1v) is 8.13. The number of likely N-dealkylation sites (tertiary alicyclic amines) is 1. The lowest BCUT2D eigenvalue weighted by Gasteiger charge is -2.34. The topological polar surface area (TPSA) is 65.1 Å². The Balaban J connectivity index is 1.99. The minimum Gasteiger partial charge on any atom is -0.395 e. The van der Waals surface area contributed by atoms with Crippen LogP contribution in [0.15, 0.2) is 30.3 Å². The van der Waals surface area contributed by atoms with Crippen LogP contribution in [0.2, 0.25) is 0 Å². The Morgan fingerprint density at radius 3 is 2.78 bits per heavy atom. The molecule has 5 heteroatoms. The summed E-state index contributed by atoms with van der Waals surface area (Å²) in [6.45, 7) is 3.64. The molecule has 1 fully saturated rings. The second-order valence-electron chi connectivity index (χ2n) is 6.07. The quantitative estimate of drug-likeness (QED) is 0.942. The molecular weight excluding hydrogens is 288 g/mol. The predicted molar refractivity (Wildman–Crippen MR) is 88.2 cm³/mol. The second kappa shape index (κ2) is 6.95. The molecule has 1 unspecified atom stereocenters. The first kappa shape index (κ1) is 15.7. The number of aliphatic hydroxyl groups excluding tert-OH is 1. The Morgan fingerprint density at radius 1 is 1.30 bits per heavy atom. The lowest BCUT2D eigenvalue weighted by molar-refractivity contribution is 0.0824. The molecule has 0 saturated carbocycles. The molecule has 2 aromatic rings. The summed E-state index contributed by atoms with van der Waals surface area (Å²) < 4.78 is 1.87. The van der Waals surface area contributed by atoms with Crippen LogP contribution in [0.5, 0.6) is 0 Å². The van der Waals surface area contributed by atoms with E-state index in [1.54, 1.807) is 0 Å². The van der Waals surface area contributed by atoms with Gasteiger partial charge in [0.1, 0.15) is 6.07 Å². The van der Waals surface area contributed by atoms with Crippen LogP contribution in [0.4, 0.5) is 0 Å². The van der Waals surface area contributed by atoms with Gasteiger partial charge in [0.15, 0.2) is 0 Å². The fourth-order valence-electron chi connectivity index (χ4n) is 3.32. The fourth-order valence-corrected chi connectivity index (χ4v) is 3.32. The summed E-state index contributed by atoms with van der Waals surface area (Å²) in [5.74, 6) is 0. The van der Waals surface area contributed by atoms with Crippen molar-refractivity contribution in [1.29, 1.82) is 5.26 Å². The first-order valence-electron chi connectivity index (χ1n) is 8.13. The molecule has 0 spiro atoms. The third-order valence-electron chi connectivity index (χ3n) is 4.58. The van der Waals surface area contributed by atoms with Crippen LogP contribution in [-0.4, -0.2) is 39.0 Å². The van der Waals surface area contributed by atoms with Gasteiger partial charge in [-0.25, -0.2) is 4.68 Å². The summed E-state index contributed by atoms with van der Waals surface area (Å²) in [6.07, 6.45) is 3.30. The summed E-state index contributed by atoms with van der Waals surface area (Å²) in [5.41, 5.74) is 3.28. The van der Waals surface area contributed by atoms with Gasteiger partial charge in [0, 0.05) is 12.6 Å². The first-order chi connectivity index (χ1) is 11.2. The third kappa shape index (κ3) is 3.14. The molecule has 23 heavy (non-hydrogen) atoms. The van der Waals surface area contributed by atoms with Crippen molar-refractivity contribution in [2.45, 2.75) is 38.8 Å². The zero-order chi connectivity index (χ0) is 16.2. The molecule has 5 nitrogen and oxygen atoms in total. The molecule has 2 heterocycles. The Kier molecular flexibility index (Phi) is 4.75. The highest BCUT2D eigenvalue weighted by atomic mass is 16.3. The van der Waals surface area contributed by atoms with Gasteiger partial charge in [0.25, 0.3) is 0 Å². The van der Waals surface area contributed by atoms with Gasteiger partial charge < -0.3 is 5.11 Å². The smallest absolute Gasteiger partial charge is 0.103 e. The maximum absolute atomic E-state index is 9.63. The van der Waals surface area contributed by atoms with E-state index in [-0.39, 0.29) is 12.6 Å². The van der Waals surface area contributed by atoms with Crippen molar-refractivity contribution in [2.75, 3.05) is 13.2 Å². The molecule has 1 N–H and O–H groups in total. The number of hydrogen-bond donors (Lipinski definition) is 1. The zero-order valence-corrected chi connectivity index (χ0v) is 13.4. The molecule has 3 rings (SSSR count). The molecule has 120 valence electrons. The number of aromatic nitrogens is 2. The number of rotatable bonds is 4. The Bertz CT molecular complexity index is 702. The summed E-state index contributed by atoms with van der Waals surface area (Å²) in [6, 6.07) is 12.4. The predicted octanol–water partition coefficient (Wildman–Crippen LogP) is 2.40. The van der Waals surface area contributed by atoms with Gasteiger partial charge in [-0.05, 0) is 38.4 Å². The van der Waals surface area contributed by atoms with Crippen molar-refractivity contribution in [2.24, 2.45) is 0 Å². The van der Waals surface area contributed by atoms with Crippen LogP contribution in [0.1, 0.15) is 36.2 Å². The molecule has 1 saturated heterocycles. The van der Waals surface area contributed by atoms with E-state index in [1.807, 2.05) is 41.9 Å². The van der Waals surface area contributed by atoms with Gasteiger partial charge in [0.05, 0.1) is 29.2 Å². The summed E-state index contributed by atoms with van der Waals surface area (Å²) >= 11 is 0. The van der Waals surface area contributed by atoms with Crippen molar-refractivity contribution < 1.29 is 5.11 Å². The lowest BCUT2D eigenvalue weighted by atomic mass is 10.0. The van der Waals surface area contributed by atoms with Crippen molar-refractivity contribution in [3.63, 3.8) is 0 Å². The van der Waals surface area contributed by atoms with Crippen molar-refractivity contribution in [3.8, 4) is 11.8 Å². The summed E-state index contributed by atoms with van der Waals surface area (Å²) in [7, 11) is 0. The number of aryl methyl sites for hydroxylation is 1. The number of hydrogen-bond acceptors (Lipinski definition) is 4. The van der Waals surface area contributed by atoms with E-state index in [1.165, 1.54) is 0 Å². The fraction of sp³-hybridized carbons (Fsp3) is 0.444. The minimum atomic E-state index is 0.167. The number of nitriles is 1. The van der Waals surface area contributed by atoms with Crippen LogP contribution >= 0.6 is 0 Å². The van der Waals surface area contributed by atoms with Gasteiger partial charge >= 0.3 is 0 Å². The van der Waals surface area contributed by atoms with Gasteiger partial charge in [-0.2, -0.15) is 10.4 Å². The van der Waals surface area contributed by atoms with Gasteiger partial charge in [-0.3, -0.25) is 4.90 Å². The highest BCUT2D eigenvalue weighted by molar-refractivity contribution is 5.43. The van der Waals surface area contributed by atoms with E-state index in [2.05, 4.69) is 16.1 Å². The van der Waals surface area contributed by atoms with E-state index in [0.29, 0.717) is 12.1 Å². The van der Waals surface area contributed by atoms with E-state index >= 15 is 0 Å². The molecule has 0 bridgehead atoms. The molecule has 1 aromatic heterocycles. The van der Waals surface area contributed by atoms with E-state index in [4.69, 9.17) is 0 Å². The average molecular weight is 310 g/mol. The standard InChI is InChI=1S/C18H22N4O/c1-14-17(11-19)18(12-21-10-6-5-9-16(21)13-23)22(20-14)15-7-3-2-4-8-15/h2-4,7-8,16,23H,5-6,9-10,12-13H2,1H3. The third-order valence-corrected chi connectivity index (χ3v) is 4.58. The van der Waals surface area contributed by atoms with Crippen molar-refractivity contribution in [3.05, 3.63) is 47.3 Å².